The van der Waals surface area contributed by atoms with Gasteiger partial charge in [0.2, 0.25) is 0 Å². The number of benzene rings is 1. The van der Waals surface area contributed by atoms with Crippen LogP contribution in [-0.4, -0.2) is 26.5 Å². The molecule has 0 radical (unpaired) electrons. The average molecular weight is 292 g/mol. The van der Waals surface area contributed by atoms with E-state index in [2.05, 4.69) is 0 Å². The predicted octanol–water partition coefficient (Wildman–Crippen LogP) is 1.79. The Bertz CT molecular complexity index is 561. The highest BCUT2D eigenvalue weighted by Gasteiger charge is 2.41. The summed E-state index contributed by atoms with van der Waals surface area (Å²) < 4.78 is 36.8. The maximum absolute atomic E-state index is 13.7. The standard InChI is InChI=1S/C12H15ClFNO2S/c13-10-1-2-11(14)9(5-10)6-12(7-15)3-4-18(16,17)8-12/h1-2,5H,3-4,6-8,15H2. The van der Waals surface area contributed by atoms with Gasteiger partial charge < -0.3 is 5.73 Å². The summed E-state index contributed by atoms with van der Waals surface area (Å²) in [5.41, 5.74) is 5.59. The molecule has 1 saturated heterocycles. The van der Waals surface area contributed by atoms with E-state index in [4.69, 9.17) is 17.3 Å². The number of halogens is 2. The zero-order valence-corrected chi connectivity index (χ0v) is 11.4. The van der Waals surface area contributed by atoms with Gasteiger partial charge in [-0.2, -0.15) is 0 Å². The van der Waals surface area contributed by atoms with Crippen LogP contribution in [0.4, 0.5) is 4.39 Å². The summed E-state index contributed by atoms with van der Waals surface area (Å²) in [6.45, 7) is 0.234. The topological polar surface area (TPSA) is 60.2 Å². The lowest BCUT2D eigenvalue weighted by atomic mass is 9.81. The zero-order valence-electron chi connectivity index (χ0n) is 9.83. The molecule has 2 N–H and O–H groups in total. The van der Waals surface area contributed by atoms with E-state index in [0.717, 1.165) is 0 Å². The lowest BCUT2D eigenvalue weighted by Gasteiger charge is -2.26. The van der Waals surface area contributed by atoms with E-state index < -0.39 is 15.3 Å². The predicted molar refractivity (Wildman–Crippen MR) is 69.9 cm³/mol. The first-order valence-electron chi connectivity index (χ1n) is 5.70. The van der Waals surface area contributed by atoms with Crippen molar-refractivity contribution >= 4 is 21.4 Å². The Hall–Kier alpha value is -0.650. The molecule has 0 aliphatic carbocycles. The fourth-order valence-electron chi connectivity index (χ4n) is 2.44. The van der Waals surface area contributed by atoms with E-state index in [1.165, 1.54) is 12.1 Å². The number of rotatable bonds is 3. The molecule has 18 heavy (non-hydrogen) atoms. The van der Waals surface area contributed by atoms with Crippen LogP contribution >= 0.6 is 11.6 Å². The highest BCUT2D eigenvalue weighted by atomic mass is 35.5. The van der Waals surface area contributed by atoms with Crippen molar-refractivity contribution in [1.29, 1.82) is 0 Å². The van der Waals surface area contributed by atoms with Gasteiger partial charge in [0.1, 0.15) is 5.82 Å². The Morgan fingerprint density at radius 2 is 2.17 bits per heavy atom. The molecular weight excluding hydrogens is 277 g/mol. The minimum atomic E-state index is -3.04. The summed E-state index contributed by atoms with van der Waals surface area (Å²) in [5, 5.41) is 0.444. The van der Waals surface area contributed by atoms with Gasteiger partial charge in [-0.25, -0.2) is 12.8 Å². The SMILES string of the molecule is NCC1(Cc2cc(Cl)ccc2F)CCS(=O)(=O)C1. The molecule has 1 fully saturated rings. The molecule has 100 valence electrons. The van der Waals surface area contributed by atoms with Crippen LogP contribution in [-0.2, 0) is 16.3 Å². The second-order valence-corrected chi connectivity index (χ2v) is 7.58. The van der Waals surface area contributed by atoms with Gasteiger partial charge in [-0.05, 0) is 43.1 Å². The molecule has 1 atom stereocenters. The van der Waals surface area contributed by atoms with Crippen molar-refractivity contribution in [2.45, 2.75) is 12.8 Å². The first-order valence-corrected chi connectivity index (χ1v) is 7.90. The number of hydrogen-bond donors (Lipinski definition) is 1. The summed E-state index contributed by atoms with van der Waals surface area (Å²) in [6.07, 6.45) is 0.799. The summed E-state index contributed by atoms with van der Waals surface area (Å²) >= 11 is 5.83. The van der Waals surface area contributed by atoms with Gasteiger partial charge in [0.25, 0.3) is 0 Å². The van der Waals surface area contributed by atoms with Gasteiger partial charge in [0.15, 0.2) is 9.84 Å². The summed E-state index contributed by atoms with van der Waals surface area (Å²) in [4.78, 5) is 0. The summed E-state index contributed by atoms with van der Waals surface area (Å²) in [5.74, 6) is -0.203. The van der Waals surface area contributed by atoms with E-state index in [1.54, 1.807) is 6.07 Å². The molecular formula is C12H15ClFNO2S. The van der Waals surface area contributed by atoms with Crippen molar-refractivity contribution in [3.63, 3.8) is 0 Å². The minimum Gasteiger partial charge on any atom is -0.330 e. The fourth-order valence-corrected chi connectivity index (χ4v) is 4.82. The van der Waals surface area contributed by atoms with Crippen LogP contribution < -0.4 is 5.73 Å². The van der Waals surface area contributed by atoms with Crippen molar-refractivity contribution < 1.29 is 12.8 Å². The van der Waals surface area contributed by atoms with Crippen molar-refractivity contribution in [3.05, 3.63) is 34.6 Å². The van der Waals surface area contributed by atoms with Crippen molar-refractivity contribution in [3.8, 4) is 0 Å². The fraction of sp³-hybridized carbons (Fsp3) is 0.500. The molecule has 2 rings (SSSR count). The van der Waals surface area contributed by atoms with Crippen LogP contribution in [0.3, 0.4) is 0 Å². The van der Waals surface area contributed by atoms with Crippen LogP contribution in [0.15, 0.2) is 18.2 Å². The molecule has 1 unspecified atom stereocenters. The number of sulfone groups is 1. The molecule has 1 aliphatic rings. The van der Waals surface area contributed by atoms with E-state index in [-0.39, 0.29) is 23.9 Å². The lowest BCUT2D eigenvalue weighted by Crippen LogP contribution is -2.34. The quantitative estimate of drug-likeness (QED) is 0.923. The summed E-state index contributed by atoms with van der Waals surface area (Å²) in [7, 11) is -3.04. The maximum atomic E-state index is 13.7. The average Bonchev–Trinajstić information content (AvgIpc) is 2.60. The normalized spacial score (nSPS) is 26.4. The molecule has 1 heterocycles. The smallest absolute Gasteiger partial charge is 0.150 e. The van der Waals surface area contributed by atoms with Gasteiger partial charge in [-0.3, -0.25) is 0 Å². The highest BCUT2D eigenvalue weighted by Crippen LogP contribution is 2.35. The Kier molecular flexibility index (Phi) is 3.67. The Morgan fingerprint density at radius 3 is 2.72 bits per heavy atom. The molecule has 0 amide bonds. The van der Waals surface area contributed by atoms with Gasteiger partial charge in [0.05, 0.1) is 11.5 Å². The first-order chi connectivity index (χ1) is 8.36. The molecule has 1 aromatic rings. The van der Waals surface area contributed by atoms with Gasteiger partial charge in [-0.15, -0.1) is 0 Å². The molecule has 6 heteroatoms. The van der Waals surface area contributed by atoms with Gasteiger partial charge >= 0.3 is 0 Å². The zero-order chi connectivity index (χ0) is 13.4. The number of nitrogens with two attached hydrogens (primary N) is 1. The van der Waals surface area contributed by atoms with E-state index >= 15 is 0 Å². The highest BCUT2D eigenvalue weighted by molar-refractivity contribution is 7.91. The van der Waals surface area contributed by atoms with Crippen LogP contribution in [0.25, 0.3) is 0 Å². The van der Waals surface area contributed by atoms with E-state index in [1.807, 2.05) is 0 Å². The molecule has 0 aromatic heterocycles. The largest absolute Gasteiger partial charge is 0.330 e. The van der Waals surface area contributed by atoms with Crippen LogP contribution in [0.5, 0.6) is 0 Å². The van der Waals surface area contributed by atoms with E-state index in [0.29, 0.717) is 23.4 Å². The molecule has 0 bridgehead atoms. The summed E-state index contributed by atoms with van der Waals surface area (Å²) in [6, 6.07) is 4.31. The molecule has 1 aromatic carbocycles. The monoisotopic (exact) mass is 291 g/mol. The molecule has 0 spiro atoms. The van der Waals surface area contributed by atoms with E-state index in [9.17, 15) is 12.8 Å². The third-order valence-corrected chi connectivity index (χ3v) is 5.59. The van der Waals surface area contributed by atoms with Gasteiger partial charge in [-0.1, -0.05) is 11.6 Å². The molecule has 3 nitrogen and oxygen atoms in total. The Labute approximate surface area is 111 Å². The van der Waals surface area contributed by atoms with Crippen LogP contribution in [0.1, 0.15) is 12.0 Å². The third kappa shape index (κ3) is 2.84. The molecule has 0 saturated carbocycles. The Balaban J connectivity index is 2.29. The number of hydrogen-bond acceptors (Lipinski definition) is 3. The van der Waals surface area contributed by atoms with Crippen molar-refractivity contribution in [2.75, 3.05) is 18.1 Å². The second kappa shape index (κ2) is 4.79. The second-order valence-electron chi connectivity index (χ2n) is 4.96. The van der Waals surface area contributed by atoms with Crippen LogP contribution in [0.2, 0.25) is 5.02 Å². The maximum Gasteiger partial charge on any atom is 0.150 e. The first kappa shape index (κ1) is 13.8. The Morgan fingerprint density at radius 1 is 1.44 bits per heavy atom. The van der Waals surface area contributed by atoms with Gasteiger partial charge in [0, 0.05) is 10.4 Å². The van der Waals surface area contributed by atoms with Crippen LogP contribution in [0, 0.1) is 11.2 Å². The lowest BCUT2D eigenvalue weighted by molar-refractivity contribution is 0.339. The molecule has 1 aliphatic heterocycles. The van der Waals surface area contributed by atoms with Crippen molar-refractivity contribution in [2.24, 2.45) is 11.1 Å². The third-order valence-electron chi connectivity index (χ3n) is 3.48. The minimum absolute atomic E-state index is 0.0302. The van der Waals surface area contributed by atoms with Crippen molar-refractivity contribution in [1.82, 2.24) is 0 Å².